The zero-order valence-electron chi connectivity index (χ0n) is 8.37. The van der Waals surface area contributed by atoms with Crippen LogP contribution in [0, 0.1) is 5.41 Å². The number of carbonyl (C=O) groups excluding carboxylic acids is 1. The second-order valence-electron chi connectivity index (χ2n) is 3.68. The van der Waals surface area contributed by atoms with Gasteiger partial charge in [-0.05, 0) is 5.41 Å². The van der Waals surface area contributed by atoms with Gasteiger partial charge >= 0.3 is 11.7 Å². The molecule has 0 aromatic rings. The Morgan fingerprint density at radius 1 is 1.46 bits per heavy atom. The molecular weight excluding hydrogens is 168 g/mol. The highest BCUT2D eigenvalue weighted by Gasteiger charge is 2.17. The lowest BCUT2D eigenvalue weighted by atomic mass is 9.96. The van der Waals surface area contributed by atoms with Crippen molar-refractivity contribution in [3.05, 3.63) is 17.7 Å². The zero-order chi connectivity index (χ0) is 10.5. The molecule has 0 aromatic heterocycles. The lowest BCUT2D eigenvalue weighted by Gasteiger charge is -2.09. The summed E-state index contributed by atoms with van der Waals surface area (Å²) in [6, 6.07) is 0. The van der Waals surface area contributed by atoms with Gasteiger partial charge in [-0.15, -0.1) is 0 Å². The van der Waals surface area contributed by atoms with E-state index in [-0.39, 0.29) is 11.1 Å². The molecule has 0 radical (unpaired) electrons. The van der Waals surface area contributed by atoms with Crippen LogP contribution in [0.3, 0.4) is 0 Å². The van der Waals surface area contributed by atoms with E-state index >= 15 is 0 Å². The van der Waals surface area contributed by atoms with Crippen LogP contribution < -0.4 is 0 Å². The van der Waals surface area contributed by atoms with E-state index in [2.05, 4.69) is 9.53 Å². The summed E-state index contributed by atoms with van der Waals surface area (Å²) in [4.78, 5) is 13.7. The van der Waals surface area contributed by atoms with Crippen molar-refractivity contribution in [2.75, 3.05) is 7.11 Å². The Morgan fingerprint density at radius 2 is 2.00 bits per heavy atom. The van der Waals surface area contributed by atoms with Gasteiger partial charge in [0.15, 0.2) is 0 Å². The molecule has 0 saturated heterocycles. The maximum Gasteiger partial charge on any atom is 0.421 e. The van der Waals surface area contributed by atoms with Gasteiger partial charge < -0.3 is 10.3 Å². The van der Waals surface area contributed by atoms with Gasteiger partial charge in [0, 0.05) is 6.08 Å². The molecule has 0 atom stereocenters. The summed E-state index contributed by atoms with van der Waals surface area (Å²) in [5, 5.41) is 0. The number of ether oxygens (including phenoxy) is 1. The van der Waals surface area contributed by atoms with Crippen molar-refractivity contribution >= 4 is 11.7 Å². The topological polar surface area (TPSA) is 62.7 Å². The molecule has 13 heavy (non-hydrogen) atoms. The second-order valence-corrected chi connectivity index (χ2v) is 3.68. The standard InChI is InChI=1S/C9H14N2O2/c1-9(2,3)6-5-7(11-10)8(12)13-4/h5-6H,1-4H3/b6-5+. The molecule has 72 valence electrons. The number of hydrogen-bond donors (Lipinski definition) is 0. The van der Waals surface area contributed by atoms with Crippen LogP contribution in [-0.4, -0.2) is 23.6 Å². The SMILES string of the molecule is COC(=O)C(/C=C/C(C)(C)C)=[N+]=[N-]. The van der Waals surface area contributed by atoms with Crippen molar-refractivity contribution in [2.24, 2.45) is 5.41 Å². The molecule has 4 heteroatoms. The fraction of sp³-hybridized carbons (Fsp3) is 0.556. The van der Waals surface area contributed by atoms with Crippen LogP contribution in [0.1, 0.15) is 20.8 Å². The zero-order valence-corrected chi connectivity index (χ0v) is 8.37. The van der Waals surface area contributed by atoms with Crippen molar-refractivity contribution in [3.63, 3.8) is 0 Å². The Labute approximate surface area is 77.8 Å². The Kier molecular flexibility index (Phi) is 4.08. The minimum Gasteiger partial charge on any atom is -0.460 e. The molecule has 0 spiro atoms. The highest BCUT2D eigenvalue weighted by Crippen LogP contribution is 2.14. The summed E-state index contributed by atoms with van der Waals surface area (Å²) in [5.41, 5.74) is 8.30. The Hall–Kier alpha value is -1.41. The van der Waals surface area contributed by atoms with Crippen molar-refractivity contribution in [1.29, 1.82) is 0 Å². The molecule has 4 nitrogen and oxygen atoms in total. The molecular formula is C9H14N2O2. The molecule has 0 fully saturated rings. The third kappa shape index (κ3) is 4.93. The Balaban J connectivity index is 4.60. The van der Waals surface area contributed by atoms with Crippen molar-refractivity contribution < 1.29 is 14.3 Å². The van der Waals surface area contributed by atoms with E-state index in [0.717, 1.165) is 0 Å². The minimum absolute atomic E-state index is 0.0655. The van der Waals surface area contributed by atoms with Gasteiger partial charge in [-0.3, -0.25) is 0 Å². The fourth-order valence-electron chi connectivity index (χ4n) is 0.576. The predicted octanol–water partition coefficient (Wildman–Crippen LogP) is 1.43. The average molecular weight is 182 g/mol. The van der Waals surface area contributed by atoms with E-state index in [9.17, 15) is 4.79 Å². The highest BCUT2D eigenvalue weighted by molar-refractivity contribution is 6.38. The van der Waals surface area contributed by atoms with E-state index in [1.54, 1.807) is 6.08 Å². The third-order valence-electron chi connectivity index (χ3n) is 1.24. The molecule has 0 aromatic carbocycles. The summed E-state index contributed by atoms with van der Waals surface area (Å²) in [6.45, 7) is 5.90. The number of rotatable bonds is 2. The first-order valence-corrected chi connectivity index (χ1v) is 3.90. The summed E-state index contributed by atoms with van der Waals surface area (Å²) in [5.74, 6) is -0.650. The van der Waals surface area contributed by atoms with Crippen LogP contribution in [0.25, 0.3) is 5.53 Å². The van der Waals surface area contributed by atoms with Crippen LogP contribution in [-0.2, 0) is 9.53 Å². The molecule has 0 saturated carbocycles. The van der Waals surface area contributed by atoms with Gasteiger partial charge in [0.1, 0.15) is 0 Å². The third-order valence-corrected chi connectivity index (χ3v) is 1.24. The molecule has 0 amide bonds. The fourth-order valence-corrected chi connectivity index (χ4v) is 0.576. The van der Waals surface area contributed by atoms with Crippen molar-refractivity contribution in [1.82, 2.24) is 0 Å². The minimum atomic E-state index is -0.650. The number of esters is 1. The number of methoxy groups -OCH3 is 1. The van der Waals surface area contributed by atoms with E-state index in [4.69, 9.17) is 5.53 Å². The Morgan fingerprint density at radius 3 is 2.31 bits per heavy atom. The molecule has 0 bridgehead atoms. The quantitative estimate of drug-likeness (QED) is 0.280. The lowest BCUT2D eigenvalue weighted by molar-refractivity contribution is -0.137. The first-order chi connectivity index (χ1) is 5.90. The van der Waals surface area contributed by atoms with Crippen LogP contribution >= 0.6 is 0 Å². The van der Waals surface area contributed by atoms with Crippen LogP contribution in [0.4, 0.5) is 0 Å². The summed E-state index contributed by atoms with van der Waals surface area (Å²) in [7, 11) is 1.23. The molecule has 0 aliphatic heterocycles. The summed E-state index contributed by atoms with van der Waals surface area (Å²) in [6.07, 6.45) is 3.20. The monoisotopic (exact) mass is 182 g/mol. The largest absolute Gasteiger partial charge is 0.460 e. The van der Waals surface area contributed by atoms with Crippen LogP contribution in [0.2, 0.25) is 0 Å². The first-order valence-electron chi connectivity index (χ1n) is 3.90. The number of nitrogens with zero attached hydrogens (tertiary/aromatic N) is 2. The maximum absolute atomic E-state index is 10.9. The molecule has 0 aliphatic carbocycles. The van der Waals surface area contributed by atoms with E-state index in [1.807, 2.05) is 20.8 Å². The number of hydrogen-bond acceptors (Lipinski definition) is 2. The maximum atomic E-state index is 10.9. The molecule has 0 aliphatic rings. The van der Waals surface area contributed by atoms with Crippen molar-refractivity contribution in [2.45, 2.75) is 20.8 Å². The Bertz CT molecular complexity index is 268. The lowest BCUT2D eigenvalue weighted by Crippen LogP contribution is -2.15. The second kappa shape index (κ2) is 4.58. The number of allylic oxidation sites excluding steroid dienone is 1. The normalized spacial score (nSPS) is 11.1. The van der Waals surface area contributed by atoms with Gasteiger partial charge in [0.25, 0.3) is 0 Å². The predicted molar refractivity (Wildman–Crippen MR) is 49.2 cm³/mol. The smallest absolute Gasteiger partial charge is 0.421 e. The van der Waals surface area contributed by atoms with Crippen molar-refractivity contribution in [3.8, 4) is 0 Å². The number of carbonyl (C=O) groups is 1. The van der Waals surface area contributed by atoms with Gasteiger partial charge in [-0.25, -0.2) is 4.79 Å². The average Bonchev–Trinajstić information content (AvgIpc) is 2.03. The van der Waals surface area contributed by atoms with E-state index in [1.165, 1.54) is 13.2 Å². The van der Waals surface area contributed by atoms with Gasteiger partial charge in [-0.1, -0.05) is 26.8 Å². The van der Waals surface area contributed by atoms with Crippen LogP contribution in [0.5, 0.6) is 0 Å². The molecule has 0 N–H and O–H groups in total. The summed E-state index contributed by atoms with van der Waals surface area (Å²) >= 11 is 0. The van der Waals surface area contributed by atoms with Gasteiger partial charge in [0.2, 0.25) is 0 Å². The van der Waals surface area contributed by atoms with Crippen LogP contribution in [0.15, 0.2) is 12.2 Å². The molecule has 0 heterocycles. The van der Waals surface area contributed by atoms with Gasteiger partial charge in [0.05, 0.1) is 7.11 Å². The first kappa shape index (κ1) is 11.6. The molecule has 0 rings (SSSR count). The highest BCUT2D eigenvalue weighted by atomic mass is 16.5. The van der Waals surface area contributed by atoms with E-state index < -0.39 is 5.97 Å². The summed E-state index contributed by atoms with van der Waals surface area (Å²) < 4.78 is 4.39. The van der Waals surface area contributed by atoms with Gasteiger partial charge in [-0.2, -0.15) is 4.79 Å². The molecule has 0 unspecified atom stereocenters. The van der Waals surface area contributed by atoms with E-state index in [0.29, 0.717) is 0 Å².